The quantitative estimate of drug-likeness (QED) is 0.304. The van der Waals surface area contributed by atoms with Crippen molar-refractivity contribution >= 4 is 11.7 Å². The second-order valence-corrected chi connectivity index (χ2v) is 7.35. The summed E-state index contributed by atoms with van der Waals surface area (Å²) in [7, 11) is 1.55. The molecule has 0 aliphatic heterocycles. The molecule has 0 bridgehead atoms. The third-order valence-electron chi connectivity index (χ3n) is 4.94. The zero-order valence-corrected chi connectivity index (χ0v) is 18.1. The summed E-state index contributed by atoms with van der Waals surface area (Å²) in [6.45, 7) is 6.30. The lowest BCUT2D eigenvalue weighted by Crippen LogP contribution is -2.48. The van der Waals surface area contributed by atoms with Gasteiger partial charge in [-0.2, -0.15) is 5.10 Å². The number of aryl methyl sites for hydroxylation is 1. The minimum atomic E-state index is -0.656. The van der Waals surface area contributed by atoms with Crippen LogP contribution in [0.1, 0.15) is 31.0 Å². The Kier molecular flexibility index (Phi) is 6.78. The number of hydrogen-bond acceptors (Lipinski definition) is 6. The van der Waals surface area contributed by atoms with Gasteiger partial charge in [-0.25, -0.2) is 21.5 Å². The number of aromatic nitrogens is 2. The maximum absolute atomic E-state index is 11.9. The fourth-order valence-electron chi connectivity index (χ4n) is 3.21. The molecule has 0 unspecified atom stereocenters. The molecule has 3 rings (SSSR count). The number of ether oxygens (including phenoxy) is 2. The van der Waals surface area contributed by atoms with E-state index in [1.807, 2.05) is 41.6 Å². The van der Waals surface area contributed by atoms with Gasteiger partial charge in [0.2, 0.25) is 0 Å². The number of urea groups is 1. The van der Waals surface area contributed by atoms with Gasteiger partial charge in [-0.05, 0) is 56.2 Å². The minimum absolute atomic E-state index is 0.149. The molecule has 3 aromatic rings. The number of hydrogen-bond donors (Lipinski definition) is 3. The number of methoxy groups -OCH3 is 1. The van der Waals surface area contributed by atoms with Crippen molar-refractivity contribution in [3.05, 3.63) is 59.9 Å². The normalized spacial score (nSPS) is 10.8. The largest absolute Gasteiger partial charge is 0.496 e. The average Bonchev–Trinajstić information content (AvgIpc) is 3.27. The number of nitrogens with two attached hydrogens (primary N) is 2. The molecular weight excluding hydrogens is 396 g/mol. The molecule has 2 aromatic carbocycles. The van der Waals surface area contributed by atoms with Crippen molar-refractivity contribution in [1.29, 1.82) is 0 Å². The number of nitrogens with zero attached hydrogens (tertiary/aromatic N) is 3. The highest BCUT2D eigenvalue weighted by molar-refractivity contribution is 5.91. The van der Waals surface area contributed by atoms with Gasteiger partial charge in [0, 0.05) is 17.8 Å². The highest BCUT2D eigenvalue weighted by Gasteiger charge is 2.18. The van der Waals surface area contributed by atoms with Crippen LogP contribution in [-0.4, -0.2) is 22.9 Å². The first-order chi connectivity index (χ1) is 14.8. The third kappa shape index (κ3) is 4.79. The molecule has 0 spiro atoms. The smallest absolute Gasteiger partial charge is 0.350 e. The monoisotopic (exact) mass is 424 g/mol. The molecule has 2 amide bonds. The molecule has 0 saturated heterocycles. The number of amides is 2. The topological polar surface area (TPSA) is 121 Å². The van der Waals surface area contributed by atoms with Gasteiger partial charge in [0.05, 0.1) is 24.6 Å². The SMILES string of the molecule is COc1cccc(N(N)C(=O)NN)c1COc1ccc(-c2cnn(C(C)C)c2)cc1C. The van der Waals surface area contributed by atoms with Crippen LogP contribution in [0.2, 0.25) is 0 Å². The predicted octanol–water partition coefficient (Wildman–Crippen LogP) is 3.29. The van der Waals surface area contributed by atoms with Gasteiger partial charge in [-0.1, -0.05) is 12.1 Å². The number of carbonyl (C=O) groups excluding carboxylic acids is 1. The van der Waals surface area contributed by atoms with E-state index in [4.69, 9.17) is 21.2 Å². The molecule has 0 aliphatic carbocycles. The van der Waals surface area contributed by atoms with Gasteiger partial charge in [0.15, 0.2) is 0 Å². The lowest BCUT2D eigenvalue weighted by atomic mass is 10.1. The van der Waals surface area contributed by atoms with E-state index < -0.39 is 6.03 Å². The number of rotatable bonds is 7. The highest BCUT2D eigenvalue weighted by Crippen LogP contribution is 2.32. The third-order valence-corrected chi connectivity index (χ3v) is 4.94. The van der Waals surface area contributed by atoms with E-state index in [-0.39, 0.29) is 6.61 Å². The van der Waals surface area contributed by atoms with Gasteiger partial charge in [0.25, 0.3) is 0 Å². The van der Waals surface area contributed by atoms with Gasteiger partial charge in [-0.15, -0.1) is 0 Å². The molecule has 31 heavy (non-hydrogen) atoms. The van der Waals surface area contributed by atoms with E-state index in [0.29, 0.717) is 28.8 Å². The summed E-state index contributed by atoms with van der Waals surface area (Å²) in [6.07, 6.45) is 3.88. The van der Waals surface area contributed by atoms with Crippen molar-refractivity contribution in [3.63, 3.8) is 0 Å². The Morgan fingerprint density at radius 3 is 2.61 bits per heavy atom. The number of hydrazine groups is 2. The lowest BCUT2D eigenvalue weighted by Gasteiger charge is -2.21. The Bertz CT molecular complexity index is 1060. The minimum Gasteiger partial charge on any atom is -0.496 e. The molecule has 9 heteroatoms. The molecular formula is C22H28N6O3. The molecule has 164 valence electrons. The summed E-state index contributed by atoms with van der Waals surface area (Å²) < 4.78 is 13.4. The molecule has 0 fully saturated rings. The van der Waals surface area contributed by atoms with E-state index in [9.17, 15) is 4.79 Å². The van der Waals surface area contributed by atoms with Crippen molar-refractivity contribution in [1.82, 2.24) is 15.2 Å². The van der Waals surface area contributed by atoms with E-state index >= 15 is 0 Å². The van der Waals surface area contributed by atoms with Gasteiger partial charge >= 0.3 is 6.03 Å². The maximum atomic E-state index is 11.9. The molecule has 0 aliphatic rings. The second kappa shape index (κ2) is 9.50. The molecule has 0 saturated carbocycles. The van der Waals surface area contributed by atoms with Gasteiger partial charge < -0.3 is 9.47 Å². The first-order valence-electron chi connectivity index (χ1n) is 9.85. The summed E-state index contributed by atoms with van der Waals surface area (Å²) in [4.78, 5) is 11.9. The molecule has 0 atom stereocenters. The lowest BCUT2D eigenvalue weighted by molar-refractivity contribution is 0.246. The van der Waals surface area contributed by atoms with Crippen LogP contribution in [0.3, 0.4) is 0 Å². The van der Waals surface area contributed by atoms with E-state index in [1.54, 1.807) is 25.3 Å². The van der Waals surface area contributed by atoms with Gasteiger partial charge in [-0.3, -0.25) is 10.1 Å². The van der Waals surface area contributed by atoms with Crippen molar-refractivity contribution < 1.29 is 14.3 Å². The highest BCUT2D eigenvalue weighted by atomic mass is 16.5. The number of anilines is 1. The summed E-state index contributed by atoms with van der Waals surface area (Å²) in [5.41, 5.74) is 6.14. The number of nitrogens with one attached hydrogen (secondary N) is 1. The zero-order chi connectivity index (χ0) is 22.5. The molecule has 9 nitrogen and oxygen atoms in total. The maximum Gasteiger partial charge on any atom is 0.350 e. The summed E-state index contributed by atoms with van der Waals surface area (Å²) in [5.74, 6) is 12.4. The summed E-state index contributed by atoms with van der Waals surface area (Å²) in [6, 6.07) is 10.8. The Balaban J connectivity index is 1.83. The standard InChI is InChI=1S/C22H28N6O3/c1-14(2)27-12-17(11-25-27)16-8-9-20(15(3)10-16)31-13-18-19(28(24)22(29)26-23)6-5-7-21(18)30-4/h5-12,14H,13,23-24H2,1-4H3,(H,26,29). The van der Waals surface area contributed by atoms with Crippen molar-refractivity contribution in [2.45, 2.75) is 33.4 Å². The zero-order valence-electron chi connectivity index (χ0n) is 18.1. The Morgan fingerprint density at radius 2 is 2.00 bits per heavy atom. The van der Waals surface area contributed by atoms with E-state index in [0.717, 1.165) is 21.7 Å². The summed E-state index contributed by atoms with van der Waals surface area (Å²) >= 11 is 0. The van der Waals surface area contributed by atoms with Crippen LogP contribution in [-0.2, 0) is 6.61 Å². The second-order valence-electron chi connectivity index (χ2n) is 7.35. The Morgan fingerprint density at radius 1 is 1.23 bits per heavy atom. The van der Waals surface area contributed by atoms with Crippen LogP contribution >= 0.6 is 0 Å². The Labute approximate surface area is 181 Å². The fourth-order valence-corrected chi connectivity index (χ4v) is 3.21. The number of benzene rings is 2. The van der Waals surface area contributed by atoms with Crippen LogP contribution in [0.5, 0.6) is 11.5 Å². The van der Waals surface area contributed by atoms with Crippen molar-refractivity contribution in [3.8, 4) is 22.6 Å². The van der Waals surface area contributed by atoms with Crippen LogP contribution < -0.4 is 31.6 Å². The predicted molar refractivity (Wildman–Crippen MR) is 119 cm³/mol. The van der Waals surface area contributed by atoms with Crippen LogP contribution in [0, 0.1) is 6.92 Å². The van der Waals surface area contributed by atoms with Crippen molar-refractivity contribution in [2.24, 2.45) is 11.7 Å². The van der Waals surface area contributed by atoms with Crippen LogP contribution in [0.4, 0.5) is 10.5 Å². The van der Waals surface area contributed by atoms with E-state index in [1.165, 1.54) is 0 Å². The van der Waals surface area contributed by atoms with Crippen LogP contribution in [0.25, 0.3) is 11.1 Å². The Hall–Kier alpha value is -3.56. The fraction of sp³-hybridized carbons (Fsp3) is 0.273. The molecule has 1 aromatic heterocycles. The first-order valence-corrected chi connectivity index (χ1v) is 9.85. The molecule has 0 radical (unpaired) electrons. The average molecular weight is 425 g/mol. The van der Waals surface area contributed by atoms with Crippen molar-refractivity contribution in [2.75, 3.05) is 12.1 Å². The van der Waals surface area contributed by atoms with Crippen LogP contribution in [0.15, 0.2) is 48.8 Å². The molecule has 5 N–H and O–H groups in total. The number of carbonyl (C=O) groups is 1. The van der Waals surface area contributed by atoms with E-state index in [2.05, 4.69) is 25.0 Å². The first kappa shape index (κ1) is 22.1. The molecule has 1 heterocycles. The van der Waals surface area contributed by atoms with Gasteiger partial charge in [0.1, 0.15) is 18.1 Å². The summed E-state index contributed by atoms with van der Waals surface area (Å²) in [5, 5.41) is 5.32.